The third-order valence-corrected chi connectivity index (χ3v) is 3.71. The Kier molecular flexibility index (Phi) is 3.24. The summed E-state index contributed by atoms with van der Waals surface area (Å²) in [6.07, 6.45) is 3.62. The van der Waals surface area contributed by atoms with Crippen molar-refractivity contribution in [1.82, 2.24) is 0 Å². The fraction of sp³-hybridized carbons (Fsp3) is 0.294. The zero-order valence-corrected chi connectivity index (χ0v) is 11.1. The van der Waals surface area contributed by atoms with Crippen molar-refractivity contribution in [3.05, 3.63) is 64.5 Å². The summed E-state index contributed by atoms with van der Waals surface area (Å²) < 4.78 is 19.1. The van der Waals surface area contributed by atoms with Crippen molar-refractivity contribution in [2.75, 3.05) is 0 Å². The summed E-state index contributed by atoms with van der Waals surface area (Å²) in [7, 11) is 0. The van der Waals surface area contributed by atoms with Crippen LogP contribution in [0.1, 0.15) is 28.7 Å². The number of ether oxygens (including phenoxy) is 1. The number of hydrogen-bond acceptors (Lipinski definition) is 1. The van der Waals surface area contributed by atoms with Crippen LogP contribution in [0.4, 0.5) is 4.39 Å². The molecule has 0 fully saturated rings. The molecule has 3 rings (SSSR count). The average Bonchev–Trinajstić information content (AvgIpc) is 2.87. The Morgan fingerprint density at radius 2 is 1.89 bits per heavy atom. The number of hydrogen-bond donors (Lipinski definition) is 0. The zero-order chi connectivity index (χ0) is 13.2. The Balaban J connectivity index is 1.70. The molecule has 0 spiro atoms. The van der Waals surface area contributed by atoms with E-state index >= 15 is 0 Å². The van der Waals surface area contributed by atoms with Crippen molar-refractivity contribution < 1.29 is 9.13 Å². The van der Waals surface area contributed by atoms with Crippen molar-refractivity contribution in [3.63, 3.8) is 0 Å². The molecule has 0 N–H and O–H groups in total. The van der Waals surface area contributed by atoms with Gasteiger partial charge in [0.2, 0.25) is 0 Å². The molecule has 1 aliphatic rings. The summed E-state index contributed by atoms with van der Waals surface area (Å²) >= 11 is 0. The number of aryl methyl sites for hydroxylation is 3. The third-order valence-electron chi connectivity index (χ3n) is 3.71. The van der Waals surface area contributed by atoms with Crippen LogP contribution in [-0.4, -0.2) is 0 Å². The molecule has 0 radical (unpaired) electrons. The molecule has 0 amide bonds. The van der Waals surface area contributed by atoms with Gasteiger partial charge in [0, 0.05) is 6.07 Å². The van der Waals surface area contributed by atoms with Gasteiger partial charge in [-0.3, -0.25) is 0 Å². The van der Waals surface area contributed by atoms with Crippen LogP contribution in [0.5, 0.6) is 5.75 Å². The summed E-state index contributed by atoms with van der Waals surface area (Å²) in [6, 6.07) is 11.5. The largest absolute Gasteiger partial charge is 0.489 e. The Morgan fingerprint density at radius 3 is 2.74 bits per heavy atom. The molecule has 0 bridgehead atoms. The van der Waals surface area contributed by atoms with E-state index in [1.165, 1.54) is 36.5 Å². The average molecular weight is 256 g/mol. The van der Waals surface area contributed by atoms with Crippen LogP contribution in [0.3, 0.4) is 0 Å². The van der Waals surface area contributed by atoms with Crippen LogP contribution >= 0.6 is 0 Å². The van der Waals surface area contributed by atoms with Crippen LogP contribution in [0.25, 0.3) is 0 Å². The number of fused-ring (bicyclic) bond motifs is 1. The topological polar surface area (TPSA) is 9.23 Å². The van der Waals surface area contributed by atoms with Crippen LogP contribution in [-0.2, 0) is 19.4 Å². The summed E-state index contributed by atoms with van der Waals surface area (Å²) in [5.41, 5.74) is 4.70. The first-order valence-electron chi connectivity index (χ1n) is 6.72. The Hall–Kier alpha value is -1.83. The standard InChI is InChI=1S/C17H17FO/c1-12-5-8-16(10-17(12)18)19-11-13-6-7-14-3-2-4-15(14)9-13/h5-10H,2-4,11H2,1H3. The van der Waals surface area contributed by atoms with E-state index < -0.39 is 0 Å². The molecular formula is C17H17FO. The lowest BCUT2D eigenvalue weighted by Gasteiger charge is -2.08. The van der Waals surface area contributed by atoms with Gasteiger partial charge in [-0.15, -0.1) is 0 Å². The summed E-state index contributed by atoms with van der Waals surface area (Å²) in [5, 5.41) is 0. The van der Waals surface area contributed by atoms with Gasteiger partial charge in [0.25, 0.3) is 0 Å². The summed E-state index contributed by atoms with van der Waals surface area (Å²) in [6.45, 7) is 2.25. The molecule has 2 aromatic rings. The predicted octanol–water partition coefficient (Wildman–Crippen LogP) is 4.20. The van der Waals surface area contributed by atoms with Crippen molar-refractivity contribution in [2.24, 2.45) is 0 Å². The molecule has 0 saturated carbocycles. The maximum absolute atomic E-state index is 13.4. The van der Waals surface area contributed by atoms with Gasteiger partial charge < -0.3 is 4.74 Å². The molecule has 0 atom stereocenters. The second-order valence-corrected chi connectivity index (χ2v) is 5.16. The number of halogens is 1. The minimum atomic E-state index is -0.216. The lowest BCUT2D eigenvalue weighted by molar-refractivity contribution is 0.304. The molecule has 1 aliphatic carbocycles. The van der Waals surface area contributed by atoms with E-state index in [0.29, 0.717) is 17.9 Å². The molecule has 2 aromatic carbocycles. The van der Waals surface area contributed by atoms with Gasteiger partial charge in [0.1, 0.15) is 18.2 Å². The normalized spacial score (nSPS) is 13.4. The highest BCUT2D eigenvalue weighted by Gasteiger charge is 2.10. The van der Waals surface area contributed by atoms with Gasteiger partial charge in [-0.2, -0.15) is 0 Å². The van der Waals surface area contributed by atoms with Gasteiger partial charge in [-0.05, 0) is 54.5 Å². The van der Waals surface area contributed by atoms with E-state index in [4.69, 9.17) is 4.74 Å². The van der Waals surface area contributed by atoms with Gasteiger partial charge in [-0.25, -0.2) is 4.39 Å². The molecule has 0 heterocycles. The fourth-order valence-corrected chi connectivity index (χ4v) is 2.54. The first kappa shape index (κ1) is 12.2. The van der Waals surface area contributed by atoms with Crippen molar-refractivity contribution >= 4 is 0 Å². The maximum Gasteiger partial charge on any atom is 0.129 e. The molecule has 2 heteroatoms. The van der Waals surface area contributed by atoms with Crippen molar-refractivity contribution in [1.29, 1.82) is 0 Å². The van der Waals surface area contributed by atoms with E-state index in [-0.39, 0.29) is 5.82 Å². The third kappa shape index (κ3) is 2.62. The zero-order valence-electron chi connectivity index (χ0n) is 11.1. The Labute approximate surface area is 113 Å². The monoisotopic (exact) mass is 256 g/mol. The molecule has 0 saturated heterocycles. The number of rotatable bonds is 3. The van der Waals surface area contributed by atoms with Gasteiger partial charge in [-0.1, -0.05) is 24.3 Å². The first-order valence-corrected chi connectivity index (χ1v) is 6.72. The molecular weight excluding hydrogens is 239 g/mol. The van der Waals surface area contributed by atoms with Crippen LogP contribution in [0.15, 0.2) is 36.4 Å². The lowest BCUT2D eigenvalue weighted by atomic mass is 10.1. The fourth-order valence-electron chi connectivity index (χ4n) is 2.54. The van der Waals surface area contributed by atoms with Crippen LogP contribution in [0.2, 0.25) is 0 Å². The van der Waals surface area contributed by atoms with Gasteiger partial charge in [0.05, 0.1) is 0 Å². The van der Waals surface area contributed by atoms with Gasteiger partial charge in [0.15, 0.2) is 0 Å². The van der Waals surface area contributed by atoms with E-state index in [1.807, 2.05) is 6.07 Å². The second kappa shape index (κ2) is 5.04. The molecule has 1 nitrogen and oxygen atoms in total. The number of benzene rings is 2. The second-order valence-electron chi connectivity index (χ2n) is 5.16. The van der Waals surface area contributed by atoms with Crippen LogP contribution < -0.4 is 4.74 Å². The minimum Gasteiger partial charge on any atom is -0.489 e. The molecule has 0 aliphatic heterocycles. The van der Waals surface area contributed by atoms with Crippen molar-refractivity contribution in [2.45, 2.75) is 32.8 Å². The predicted molar refractivity (Wildman–Crippen MR) is 73.9 cm³/mol. The van der Waals surface area contributed by atoms with Crippen LogP contribution in [0, 0.1) is 12.7 Å². The summed E-state index contributed by atoms with van der Waals surface area (Å²) in [4.78, 5) is 0. The van der Waals surface area contributed by atoms with Gasteiger partial charge >= 0.3 is 0 Å². The highest BCUT2D eigenvalue weighted by Crippen LogP contribution is 2.24. The van der Waals surface area contributed by atoms with E-state index in [9.17, 15) is 4.39 Å². The first-order chi connectivity index (χ1) is 9.22. The maximum atomic E-state index is 13.4. The van der Waals surface area contributed by atoms with Crippen molar-refractivity contribution in [3.8, 4) is 5.75 Å². The highest BCUT2D eigenvalue weighted by atomic mass is 19.1. The molecule has 0 aromatic heterocycles. The highest BCUT2D eigenvalue weighted by molar-refractivity contribution is 5.35. The van der Waals surface area contributed by atoms with E-state index in [2.05, 4.69) is 18.2 Å². The molecule has 98 valence electrons. The quantitative estimate of drug-likeness (QED) is 0.799. The smallest absolute Gasteiger partial charge is 0.129 e. The molecule has 0 unspecified atom stereocenters. The summed E-state index contributed by atoms with van der Waals surface area (Å²) in [5.74, 6) is 0.370. The SMILES string of the molecule is Cc1ccc(OCc2ccc3c(c2)CCC3)cc1F. The minimum absolute atomic E-state index is 0.216. The molecule has 19 heavy (non-hydrogen) atoms. The Bertz CT molecular complexity index is 604. The van der Waals surface area contributed by atoms with E-state index in [0.717, 1.165) is 5.56 Å². The lowest BCUT2D eigenvalue weighted by Crippen LogP contribution is -1.97. The van der Waals surface area contributed by atoms with E-state index in [1.54, 1.807) is 13.0 Å². The Morgan fingerprint density at radius 1 is 1.05 bits per heavy atom.